The lowest BCUT2D eigenvalue weighted by Gasteiger charge is -2.61. The van der Waals surface area contributed by atoms with E-state index in [1.807, 2.05) is 12.1 Å². The lowest BCUT2D eigenvalue weighted by Crippen LogP contribution is -2.85. The fraction of sp³-hybridized carbons (Fsp3) is 0.500. The summed E-state index contributed by atoms with van der Waals surface area (Å²) in [6.07, 6.45) is -1.12. The quantitative estimate of drug-likeness (QED) is 0.758. The Labute approximate surface area is 127 Å². The van der Waals surface area contributed by atoms with E-state index < -0.39 is 29.4 Å². The van der Waals surface area contributed by atoms with E-state index in [2.05, 4.69) is 0 Å². The molecule has 1 saturated carbocycles. The van der Waals surface area contributed by atoms with Crippen LogP contribution in [0.1, 0.15) is 19.4 Å². The van der Waals surface area contributed by atoms with Crippen LogP contribution in [0.15, 0.2) is 24.3 Å². The van der Waals surface area contributed by atoms with Crippen LogP contribution in [0, 0.1) is 0 Å². The molecule has 116 valence electrons. The van der Waals surface area contributed by atoms with Crippen molar-refractivity contribution in [1.82, 2.24) is 0 Å². The molecule has 1 aromatic rings. The average molecular weight is 304 g/mol. The van der Waals surface area contributed by atoms with Crippen LogP contribution in [0.5, 0.6) is 5.75 Å². The number of carbonyl (C=O) groups excluding carboxylic acids is 2. The summed E-state index contributed by atoms with van der Waals surface area (Å²) in [7, 11) is 0. The van der Waals surface area contributed by atoms with Gasteiger partial charge in [0.05, 0.1) is 13.2 Å². The number of hydrogen-bond donors (Lipinski definition) is 0. The minimum atomic E-state index is -1.37. The van der Waals surface area contributed by atoms with Crippen molar-refractivity contribution in [3.8, 4) is 5.75 Å². The SMILES string of the molecule is CC(=O)O[C@]12c3ccccc3O[C@@]1(C(C)=O)[C@H]1OCCO[C@H]12. The van der Waals surface area contributed by atoms with E-state index in [1.54, 1.807) is 12.1 Å². The lowest BCUT2D eigenvalue weighted by molar-refractivity contribution is -0.356. The predicted octanol–water partition coefficient (Wildman–Crippen LogP) is 0.963. The zero-order chi connectivity index (χ0) is 15.5. The molecule has 4 atom stereocenters. The molecule has 3 aliphatic rings. The van der Waals surface area contributed by atoms with Gasteiger partial charge >= 0.3 is 5.97 Å². The summed E-state index contributed by atoms with van der Waals surface area (Å²) in [5.74, 6) is -0.198. The molecule has 2 fully saturated rings. The van der Waals surface area contributed by atoms with Crippen LogP contribution in [0.2, 0.25) is 0 Å². The third-order valence-corrected chi connectivity index (χ3v) is 4.69. The number of ketones is 1. The van der Waals surface area contributed by atoms with Crippen LogP contribution in [0.4, 0.5) is 0 Å². The molecular weight excluding hydrogens is 288 g/mol. The van der Waals surface area contributed by atoms with Crippen molar-refractivity contribution in [2.24, 2.45) is 0 Å². The van der Waals surface area contributed by atoms with Gasteiger partial charge < -0.3 is 18.9 Å². The Morgan fingerprint density at radius 3 is 2.50 bits per heavy atom. The molecule has 0 N–H and O–H groups in total. The molecule has 1 aromatic carbocycles. The van der Waals surface area contributed by atoms with Crippen LogP contribution >= 0.6 is 0 Å². The number of Topliss-reactive ketones (excluding diaryl/α,β-unsaturated/α-hetero) is 1. The minimum absolute atomic E-state index is 0.239. The Balaban J connectivity index is 1.95. The molecule has 0 radical (unpaired) electrons. The van der Waals surface area contributed by atoms with Crippen LogP contribution < -0.4 is 4.74 Å². The number of para-hydroxylation sites is 1. The molecule has 1 aliphatic carbocycles. The van der Waals surface area contributed by atoms with E-state index >= 15 is 0 Å². The van der Waals surface area contributed by atoms with E-state index in [9.17, 15) is 9.59 Å². The molecule has 1 saturated heterocycles. The monoisotopic (exact) mass is 304 g/mol. The first-order valence-electron chi connectivity index (χ1n) is 7.26. The Kier molecular flexibility index (Phi) is 2.68. The maximum atomic E-state index is 12.5. The number of benzene rings is 1. The van der Waals surface area contributed by atoms with Gasteiger partial charge in [0.25, 0.3) is 0 Å². The second kappa shape index (κ2) is 4.30. The van der Waals surface area contributed by atoms with Crippen LogP contribution in [0.25, 0.3) is 0 Å². The highest BCUT2D eigenvalue weighted by Gasteiger charge is 2.85. The molecule has 6 heteroatoms. The lowest BCUT2D eigenvalue weighted by atomic mass is 9.56. The van der Waals surface area contributed by atoms with Gasteiger partial charge in [0.15, 0.2) is 5.78 Å². The largest absolute Gasteiger partial charge is 0.471 e. The van der Waals surface area contributed by atoms with Crippen molar-refractivity contribution in [2.45, 2.75) is 37.3 Å². The van der Waals surface area contributed by atoms with Crippen molar-refractivity contribution in [3.05, 3.63) is 29.8 Å². The van der Waals surface area contributed by atoms with E-state index in [4.69, 9.17) is 18.9 Å². The summed E-state index contributed by atoms with van der Waals surface area (Å²) in [5, 5.41) is 0. The van der Waals surface area contributed by atoms with Gasteiger partial charge in [-0.25, -0.2) is 0 Å². The van der Waals surface area contributed by atoms with Crippen molar-refractivity contribution >= 4 is 11.8 Å². The van der Waals surface area contributed by atoms with Crippen LogP contribution in [-0.4, -0.2) is 42.8 Å². The number of ether oxygens (including phenoxy) is 4. The summed E-state index contributed by atoms with van der Waals surface area (Å²) in [5.41, 5.74) is -1.98. The Morgan fingerprint density at radius 2 is 1.82 bits per heavy atom. The Hall–Kier alpha value is -1.92. The molecule has 0 bridgehead atoms. The minimum Gasteiger partial charge on any atom is -0.471 e. The molecule has 0 aromatic heterocycles. The fourth-order valence-electron chi connectivity index (χ4n) is 3.98. The topological polar surface area (TPSA) is 71.1 Å². The van der Waals surface area contributed by atoms with Gasteiger partial charge in [-0.1, -0.05) is 18.2 Å². The molecule has 6 nitrogen and oxygen atoms in total. The molecule has 0 amide bonds. The third-order valence-electron chi connectivity index (χ3n) is 4.69. The van der Waals surface area contributed by atoms with Gasteiger partial charge in [0.2, 0.25) is 11.2 Å². The molecule has 4 rings (SSSR count). The smallest absolute Gasteiger partial charge is 0.303 e. The predicted molar refractivity (Wildman–Crippen MR) is 73.4 cm³/mol. The summed E-state index contributed by atoms with van der Waals surface area (Å²) < 4.78 is 23.2. The van der Waals surface area contributed by atoms with E-state index in [0.717, 1.165) is 0 Å². The zero-order valence-corrected chi connectivity index (χ0v) is 12.3. The van der Waals surface area contributed by atoms with Crippen molar-refractivity contribution in [1.29, 1.82) is 0 Å². The second-order valence-electron chi connectivity index (χ2n) is 5.80. The number of hydrogen-bond acceptors (Lipinski definition) is 6. The van der Waals surface area contributed by atoms with E-state index in [0.29, 0.717) is 24.5 Å². The Bertz CT molecular complexity index is 670. The van der Waals surface area contributed by atoms with Crippen LogP contribution in [0.3, 0.4) is 0 Å². The second-order valence-corrected chi connectivity index (χ2v) is 5.80. The summed E-state index contributed by atoms with van der Waals surface area (Å²) in [4.78, 5) is 24.2. The fourth-order valence-corrected chi connectivity index (χ4v) is 3.98. The molecule has 0 spiro atoms. The van der Waals surface area contributed by atoms with Crippen molar-refractivity contribution < 1.29 is 28.5 Å². The molecular formula is C16H16O6. The third kappa shape index (κ3) is 1.33. The van der Waals surface area contributed by atoms with Gasteiger partial charge in [0, 0.05) is 12.5 Å². The van der Waals surface area contributed by atoms with Crippen LogP contribution in [-0.2, 0) is 29.4 Å². The maximum absolute atomic E-state index is 12.5. The van der Waals surface area contributed by atoms with Gasteiger partial charge in [-0.3, -0.25) is 9.59 Å². The Morgan fingerprint density at radius 1 is 1.14 bits per heavy atom. The highest BCUT2D eigenvalue weighted by molar-refractivity contribution is 5.93. The molecule has 22 heavy (non-hydrogen) atoms. The summed E-state index contributed by atoms with van der Waals surface area (Å²) in [6, 6.07) is 7.19. The zero-order valence-electron chi connectivity index (χ0n) is 12.3. The van der Waals surface area contributed by atoms with Crippen molar-refractivity contribution in [3.63, 3.8) is 0 Å². The number of carbonyl (C=O) groups is 2. The number of esters is 1. The molecule has 0 unspecified atom stereocenters. The highest BCUT2D eigenvalue weighted by atomic mass is 16.7. The molecule has 2 heterocycles. The van der Waals surface area contributed by atoms with Gasteiger partial charge in [0.1, 0.15) is 18.0 Å². The van der Waals surface area contributed by atoms with Gasteiger partial charge in [-0.15, -0.1) is 0 Å². The van der Waals surface area contributed by atoms with E-state index in [1.165, 1.54) is 13.8 Å². The number of rotatable bonds is 2. The first kappa shape index (κ1) is 13.7. The highest BCUT2D eigenvalue weighted by Crippen LogP contribution is 2.64. The van der Waals surface area contributed by atoms with Gasteiger partial charge in [-0.2, -0.15) is 0 Å². The summed E-state index contributed by atoms with van der Waals surface area (Å²) in [6.45, 7) is 3.52. The average Bonchev–Trinajstić information content (AvgIpc) is 2.74. The van der Waals surface area contributed by atoms with Gasteiger partial charge in [-0.05, 0) is 13.0 Å². The first-order valence-corrected chi connectivity index (χ1v) is 7.26. The normalized spacial score (nSPS) is 37.9. The maximum Gasteiger partial charge on any atom is 0.303 e. The molecule has 2 aliphatic heterocycles. The first-order chi connectivity index (χ1) is 10.5. The van der Waals surface area contributed by atoms with Crippen molar-refractivity contribution in [2.75, 3.05) is 13.2 Å². The number of fused-ring (bicyclic) bond motifs is 6. The summed E-state index contributed by atoms with van der Waals surface area (Å²) >= 11 is 0. The standard InChI is InChI=1S/C16H16O6/c1-9(17)15-13-14(20-8-7-19-13)16(15,21-10(2)18)11-5-3-4-6-12(11)22-15/h3-6,13-14H,7-8H2,1-2H3/t13-,14+,15-,16-/m0/s1. The van der Waals surface area contributed by atoms with E-state index in [-0.39, 0.29) is 5.78 Å².